The molecule has 0 aliphatic carbocycles. The summed E-state index contributed by atoms with van der Waals surface area (Å²) in [5, 5.41) is 6.27. The molecule has 0 radical (unpaired) electrons. The van der Waals surface area contributed by atoms with Gasteiger partial charge >= 0.3 is 0 Å². The number of benzene rings is 2. The Labute approximate surface area is 133 Å². The maximum absolute atomic E-state index is 12.7. The number of rotatable bonds is 7. The Morgan fingerprint density at radius 3 is 2.52 bits per heavy atom. The van der Waals surface area contributed by atoms with Crippen molar-refractivity contribution < 1.29 is 14.0 Å². The van der Waals surface area contributed by atoms with Crippen LogP contribution in [0.25, 0.3) is 0 Å². The summed E-state index contributed by atoms with van der Waals surface area (Å²) in [5.41, 5.74) is 7.37. The maximum Gasteiger partial charge on any atom is 0.265 e. The van der Waals surface area contributed by atoms with Gasteiger partial charge in [0.15, 0.2) is 6.61 Å². The van der Waals surface area contributed by atoms with E-state index in [0.717, 1.165) is 12.0 Å². The molecule has 0 aliphatic rings. The Kier molecular flexibility index (Phi) is 6.11. The third-order valence-corrected chi connectivity index (χ3v) is 3.02. The Morgan fingerprint density at radius 2 is 1.83 bits per heavy atom. The smallest absolute Gasteiger partial charge is 0.265 e. The van der Waals surface area contributed by atoms with Crippen LogP contribution in [0.2, 0.25) is 0 Å². The molecular formula is C17H18FN3O2. The number of carbonyl (C=O) groups is 1. The van der Waals surface area contributed by atoms with E-state index in [1.807, 2.05) is 30.3 Å². The van der Waals surface area contributed by atoms with Crippen molar-refractivity contribution in [2.75, 3.05) is 11.9 Å². The fraction of sp³-hybridized carbons (Fsp3) is 0.176. The first-order chi connectivity index (χ1) is 11.1. The Morgan fingerprint density at radius 1 is 1.13 bits per heavy atom. The van der Waals surface area contributed by atoms with Gasteiger partial charge in [0.05, 0.1) is 0 Å². The summed E-state index contributed by atoms with van der Waals surface area (Å²) in [7, 11) is 0. The number of nitrogens with one attached hydrogen (secondary N) is 1. The first-order valence-corrected chi connectivity index (χ1v) is 7.17. The monoisotopic (exact) mass is 315 g/mol. The summed E-state index contributed by atoms with van der Waals surface area (Å²) in [5.74, 6) is -0.435. The third kappa shape index (κ3) is 6.17. The molecule has 0 bridgehead atoms. The van der Waals surface area contributed by atoms with E-state index in [1.54, 1.807) is 0 Å². The van der Waals surface area contributed by atoms with E-state index in [4.69, 9.17) is 10.6 Å². The van der Waals surface area contributed by atoms with E-state index in [1.165, 1.54) is 24.3 Å². The number of nitrogens with zero attached hydrogens (tertiary/aromatic N) is 1. The number of hydrogen-bond donors (Lipinski definition) is 2. The zero-order chi connectivity index (χ0) is 16.5. The molecule has 0 saturated carbocycles. The lowest BCUT2D eigenvalue weighted by atomic mass is 10.1. The van der Waals surface area contributed by atoms with E-state index in [-0.39, 0.29) is 12.4 Å². The molecule has 2 rings (SSSR count). The average molecular weight is 315 g/mol. The van der Waals surface area contributed by atoms with Gasteiger partial charge in [0.1, 0.15) is 11.7 Å². The minimum Gasteiger partial charge on any atom is -0.384 e. The second kappa shape index (κ2) is 8.53. The van der Waals surface area contributed by atoms with E-state index in [0.29, 0.717) is 17.9 Å². The summed E-state index contributed by atoms with van der Waals surface area (Å²) in [4.78, 5) is 16.5. The van der Waals surface area contributed by atoms with Crippen molar-refractivity contribution in [1.82, 2.24) is 0 Å². The lowest BCUT2D eigenvalue weighted by Gasteiger charge is -2.05. The summed E-state index contributed by atoms with van der Waals surface area (Å²) in [6.07, 6.45) is 1.30. The van der Waals surface area contributed by atoms with Crippen LogP contribution in [0.15, 0.2) is 59.8 Å². The third-order valence-electron chi connectivity index (χ3n) is 3.02. The number of amides is 1. The zero-order valence-electron chi connectivity index (χ0n) is 12.5. The number of anilines is 1. The largest absolute Gasteiger partial charge is 0.384 e. The normalized spacial score (nSPS) is 11.1. The lowest BCUT2D eigenvalue weighted by Crippen LogP contribution is -2.19. The van der Waals surface area contributed by atoms with Crippen LogP contribution in [-0.2, 0) is 16.1 Å². The Hall–Kier alpha value is -2.89. The second-order valence-corrected chi connectivity index (χ2v) is 4.90. The van der Waals surface area contributed by atoms with E-state index < -0.39 is 5.91 Å². The van der Waals surface area contributed by atoms with E-state index in [9.17, 15) is 9.18 Å². The highest BCUT2D eigenvalue weighted by Gasteiger charge is 2.03. The topological polar surface area (TPSA) is 76.7 Å². The molecule has 3 N–H and O–H groups in total. The number of amidine groups is 1. The fourth-order valence-corrected chi connectivity index (χ4v) is 1.87. The van der Waals surface area contributed by atoms with Crippen molar-refractivity contribution in [3.8, 4) is 0 Å². The summed E-state index contributed by atoms with van der Waals surface area (Å²) in [6.45, 7) is -0.261. The van der Waals surface area contributed by atoms with Crippen molar-refractivity contribution in [2.24, 2.45) is 10.9 Å². The van der Waals surface area contributed by atoms with Crippen LogP contribution in [0.1, 0.15) is 12.0 Å². The standard InChI is InChI=1S/C17H18FN3O2/c18-14-7-9-15(10-8-14)20-17(22)12-23-21-16(19)11-6-13-4-2-1-3-5-13/h1-5,7-10H,6,11-12H2,(H2,19,21)(H,20,22). The van der Waals surface area contributed by atoms with Crippen LogP contribution in [0.3, 0.4) is 0 Å². The molecule has 0 heterocycles. The maximum atomic E-state index is 12.7. The number of nitrogens with two attached hydrogens (primary N) is 1. The van der Waals surface area contributed by atoms with Crippen molar-refractivity contribution in [1.29, 1.82) is 0 Å². The zero-order valence-corrected chi connectivity index (χ0v) is 12.5. The van der Waals surface area contributed by atoms with Gasteiger partial charge in [-0.1, -0.05) is 35.5 Å². The van der Waals surface area contributed by atoms with Crippen molar-refractivity contribution in [2.45, 2.75) is 12.8 Å². The highest BCUT2D eigenvalue weighted by molar-refractivity contribution is 5.91. The SMILES string of the molecule is N/C(CCc1ccccc1)=N\OCC(=O)Nc1ccc(F)cc1. The van der Waals surface area contributed by atoms with Crippen molar-refractivity contribution in [3.63, 3.8) is 0 Å². The molecule has 2 aromatic carbocycles. The Bertz CT molecular complexity index is 657. The lowest BCUT2D eigenvalue weighted by molar-refractivity contribution is -0.120. The number of hydrogen-bond acceptors (Lipinski definition) is 3. The molecule has 0 spiro atoms. The van der Waals surface area contributed by atoms with Crippen molar-refractivity contribution >= 4 is 17.4 Å². The molecule has 23 heavy (non-hydrogen) atoms. The van der Waals surface area contributed by atoms with Crippen LogP contribution in [0.4, 0.5) is 10.1 Å². The van der Waals surface area contributed by atoms with Crippen LogP contribution >= 0.6 is 0 Å². The molecule has 1 amide bonds. The summed E-state index contributed by atoms with van der Waals surface area (Å²) in [6, 6.07) is 15.3. The number of aryl methyl sites for hydroxylation is 1. The molecule has 0 fully saturated rings. The van der Waals surface area contributed by atoms with Gasteiger partial charge in [-0.15, -0.1) is 0 Å². The molecule has 0 atom stereocenters. The molecule has 6 heteroatoms. The molecular weight excluding hydrogens is 297 g/mol. The number of carbonyl (C=O) groups excluding carboxylic acids is 1. The van der Waals surface area contributed by atoms with Gasteiger partial charge < -0.3 is 15.9 Å². The minimum absolute atomic E-state index is 0.261. The molecule has 0 saturated heterocycles. The van der Waals surface area contributed by atoms with Crippen LogP contribution in [0.5, 0.6) is 0 Å². The highest BCUT2D eigenvalue weighted by atomic mass is 19.1. The fourth-order valence-electron chi connectivity index (χ4n) is 1.87. The molecule has 5 nitrogen and oxygen atoms in total. The van der Waals surface area contributed by atoms with Gasteiger partial charge in [0.25, 0.3) is 5.91 Å². The Balaban J connectivity index is 1.70. The average Bonchev–Trinajstić information content (AvgIpc) is 2.56. The summed E-state index contributed by atoms with van der Waals surface area (Å²) < 4.78 is 12.7. The van der Waals surface area contributed by atoms with Crippen LogP contribution in [-0.4, -0.2) is 18.3 Å². The number of halogens is 1. The minimum atomic E-state index is -0.392. The molecule has 120 valence electrons. The molecule has 0 unspecified atom stereocenters. The second-order valence-electron chi connectivity index (χ2n) is 4.90. The predicted molar refractivity (Wildman–Crippen MR) is 87.4 cm³/mol. The van der Waals surface area contributed by atoms with Gasteiger partial charge in [0.2, 0.25) is 0 Å². The number of oxime groups is 1. The quantitative estimate of drug-likeness (QED) is 0.468. The van der Waals surface area contributed by atoms with Crippen molar-refractivity contribution in [3.05, 3.63) is 66.0 Å². The highest BCUT2D eigenvalue weighted by Crippen LogP contribution is 2.08. The van der Waals surface area contributed by atoms with E-state index in [2.05, 4.69) is 10.5 Å². The van der Waals surface area contributed by atoms with Gasteiger partial charge in [-0.2, -0.15) is 0 Å². The van der Waals surface area contributed by atoms with Gasteiger partial charge in [-0.05, 0) is 36.2 Å². The van der Waals surface area contributed by atoms with Gasteiger partial charge in [0, 0.05) is 12.1 Å². The van der Waals surface area contributed by atoms with Crippen LogP contribution < -0.4 is 11.1 Å². The summed E-state index contributed by atoms with van der Waals surface area (Å²) >= 11 is 0. The van der Waals surface area contributed by atoms with Gasteiger partial charge in [-0.3, -0.25) is 4.79 Å². The predicted octanol–water partition coefficient (Wildman–Crippen LogP) is 2.69. The van der Waals surface area contributed by atoms with E-state index >= 15 is 0 Å². The van der Waals surface area contributed by atoms with Gasteiger partial charge in [-0.25, -0.2) is 4.39 Å². The molecule has 0 aliphatic heterocycles. The first kappa shape index (κ1) is 16.5. The molecule has 0 aromatic heterocycles. The first-order valence-electron chi connectivity index (χ1n) is 7.17. The van der Waals surface area contributed by atoms with Crippen LogP contribution in [0, 0.1) is 5.82 Å². The molecule has 2 aromatic rings.